The van der Waals surface area contributed by atoms with Gasteiger partial charge in [-0.15, -0.1) is 0 Å². The molecule has 1 saturated heterocycles. The van der Waals surface area contributed by atoms with Gasteiger partial charge in [-0.2, -0.15) is 0 Å². The molecule has 130 valence electrons. The number of ether oxygens (including phenoxy) is 1. The first-order chi connectivity index (χ1) is 11.8. The largest absolute Gasteiger partial charge is 0.491 e. The van der Waals surface area contributed by atoms with Gasteiger partial charge >= 0.3 is 0 Å². The molecule has 0 saturated carbocycles. The van der Waals surface area contributed by atoms with Gasteiger partial charge in [-0.1, -0.05) is 18.2 Å². The van der Waals surface area contributed by atoms with Crippen molar-refractivity contribution in [2.24, 2.45) is 0 Å². The van der Waals surface area contributed by atoms with Gasteiger partial charge in [-0.25, -0.2) is 0 Å². The van der Waals surface area contributed by atoms with Gasteiger partial charge in [0, 0.05) is 12.8 Å². The molecule has 3 rings (SSSR count). The van der Waals surface area contributed by atoms with Crippen LogP contribution in [0.3, 0.4) is 0 Å². The standard InChI is InChI=1S/C19H26N2O3/c22-16(15-24-17-7-2-1-3-8-17)13-20-14-18(19-9-6-12-23-19)21-10-4-5-11-21/h1-3,6-9,12,16,18,20,22H,4-5,10-11,13-15H2/p+2/t16-,18+/m0/s1. The lowest BCUT2D eigenvalue weighted by Gasteiger charge is -2.22. The molecular formula is C19H28N2O3+2. The van der Waals surface area contributed by atoms with E-state index in [0.717, 1.165) is 18.1 Å². The van der Waals surface area contributed by atoms with Crippen LogP contribution in [0.15, 0.2) is 53.1 Å². The number of aliphatic hydroxyl groups excluding tert-OH is 1. The first-order valence-corrected chi connectivity index (χ1v) is 8.88. The van der Waals surface area contributed by atoms with E-state index in [1.165, 1.54) is 25.9 Å². The first kappa shape index (κ1) is 17.0. The Balaban J connectivity index is 1.43. The van der Waals surface area contributed by atoms with Crippen molar-refractivity contribution in [3.63, 3.8) is 0 Å². The lowest BCUT2D eigenvalue weighted by molar-refractivity contribution is -0.935. The fourth-order valence-corrected chi connectivity index (χ4v) is 3.38. The van der Waals surface area contributed by atoms with Gasteiger partial charge < -0.3 is 24.5 Å². The van der Waals surface area contributed by atoms with Crippen molar-refractivity contribution in [1.29, 1.82) is 0 Å². The second kappa shape index (κ2) is 8.87. The van der Waals surface area contributed by atoms with E-state index in [-0.39, 0.29) is 0 Å². The zero-order valence-corrected chi connectivity index (χ0v) is 14.1. The lowest BCUT2D eigenvalue weighted by Crippen LogP contribution is -3.13. The van der Waals surface area contributed by atoms with E-state index in [9.17, 15) is 5.11 Å². The molecule has 1 aliphatic rings. The average molecular weight is 332 g/mol. The van der Waals surface area contributed by atoms with Crippen LogP contribution in [-0.2, 0) is 0 Å². The molecule has 5 heteroatoms. The summed E-state index contributed by atoms with van der Waals surface area (Å²) in [5.74, 6) is 1.85. The van der Waals surface area contributed by atoms with Gasteiger partial charge in [-0.3, -0.25) is 0 Å². The van der Waals surface area contributed by atoms with Crippen LogP contribution in [-0.4, -0.2) is 44.0 Å². The van der Waals surface area contributed by atoms with Crippen LogP contribution in [0.1, 0.15) is 24.6 Å². The smallest absolute Gasteiger partial charge is 0.195 e. The number of aliphatic hydroxyl groups is 1. The predicted octanol–water partition coefficient (Wildman–Crippen LogP) is 0.00270. The molecule has 4 N–H and O–H groups in total. The molecule has 2 heterocycles. The third-order valence-electron chi connectivity index (χ3n) is 4.65. The van der Waals surface area contributed by atoms with Crippen molar-refractivity contribution in [2.45, 2.75) is 25.0 Å². The van der Waals surface area contributed by atoms with Crippen molar-refractivity contribution in [3.05, 3.63) is 54.5 Å². The Hall–Kier alpha value is -1.82. The number of likely N-dealkylation sites (tertiary alicyclic amines) is 1. The minimum absolute atomic E-state index is 0.322. The average Bonchev–Trinajstić information content (AvgIpc) is 3.31. The maximum absolute atomic E-state index is 10.1. The highest BCUT2D eigenvalue weighted by Gasteiger charge is 2.31. The summed E-state index contributed by atoms with van der Waals surface area (Å²) in [6, 6.07) is 14.0. The second-order valence-corrected chi connectivity index (χ2v) is 6.47. The Morgan fingerprint density at radius 3 is 2.58 bits per heavy atom. The number of hydrogen-bond donors (Lipinski definition) is 3. The Morgan fingerprint density at radius 1 is 1.08 bits per heavy atom. The molecule has 0 amide bonds. The van der Waals surface area contributed by atoms with Crippen LogP contribution < -0.4 is 15.0 Å². The molecule has 0 aliphatic carbocycles. The number of hydrogen-bond acceptors (Lipinski definition) is 3. The highest BCUT2D eigenvalue weighted by molar-refractivity contribution is 5.20. The van der Waals surface area contributed by atoms with Crippen molar-refractivity contribution < 1.29 is 24.5 Å². The summed E-state index contributed by atoms with van der Waals surface area (Å²) in [7, 11) is 0. The van der Waals surface area contributed by atoms with Gasteiger partial charge in [-0.05, 0) is 24.3 Å². The Labute approximate surface area is 143 Å². The summed E-state index contributed by atoms with van der Waals surface area (Å²) in [6.07, 6.45) is 3.86. The molecular weight excluding hydrogens is 304 g/mol. The Bertz CT molecular complexity index is 568. The van der Waals surface area contributed by atoms with E-state index >= 15 is 0 Å². The molecule has 0 bridgehead atoms. The van der Waals surface area contributed by atoms with Crippen molar-refractivity contribution >= 4 is 0 Å². The van der Waals surface area contributed by atoms with Crippen LogP contribution in [0, 0.1) is 0 Å². The zero-order chi connectivity index (χ0) is 16.6. The molecule has 1 aromatic heterocycles. The van der Waals surface area contributed by atoms with Crippen LogP contribution in [0.2, 0.25) is 0 Å². The van der Waals surface area contributed by atoms with E-state index < -0.39 is 6.10 Å². The maximum Gasteiger partial charge on any atom is 0.195 e. The van der Waals surface area contributed by atoms with Crippen molar-refractivity contribution in [2.75, 3.05) is 32.8 Å². The second-order valence-electron chi connectivity index (χ2n) is 6.47. The van der Waals surface area contributed by atoms with Gasteiger partial charge in [0.25, 0.3) is 0 Å². The third-order valence-corrected chi connectivity index (χ3v) is 4.65. The molecule has 5 nitrogen and oxygen atoms in total. The summed E-state index contributed by atoms with van der Waals surface area (Å²) < 4.78 is 11.2. The SMILES string of the molecule is O[C@@H](C[NH2+]C[C@H](c1ccco1)[NH+]1CCCC1)COc1ccccc1. The van der Waals surface area contributed by atoms with Crippen LogP contribution in [0.4, 0.5) is 0 Å². The van der Waals surface area contributed by atoms with Gasteiger partial charge in [0.05, 0.1) is 19.4 Å². The molecule has 1 aromatic carbocycles. The molecule has 0 unspecified atom stereocenters. The number of nitrogens with two attached hydrogens (primary N) is 1. The molecule has 0 radical (unpaired) electrons. The topological polar surface area (TPSA) is 63.7 Å². The van der Waals surface area contributed by atoms with E-state index in [2.05, 4.69) is 11.4 Å². The van der Waals surface area contributed by atoms with Crippen LogP contribution in [0.5, 0.6) is 5.75 Å². The molecule has 1 aliphatic heterocycles. The molecule has 2 atom stereocenters. The minimum atomic E-state index is -0.476. The maximum atomic E-state index is 10.1. The number of para-hydroxylation sites is 1. The fraction of sp³-hybridized carbons (Fsp3) is 0.474. The van der Waals surface area contributed by atoms with E-state index in [0.29, 0.717) is 19.2 Å². The summed E-state index contributed by atoms with van der Waals surface area (Å²) in [4.78, 5) is 1.59. The minimum Gasteiger partial charge on any atom is -0.491 e. The monoisotopic (exact) mass is 332 g/mol. The van der Waals surface area contributed by atoms with Gasteiger partial charge in [0.15, 0.2) is 11.8 Å². The lowest BCUT2D eigenvalue weighted by atomic mass is 10.2. The molecule has 1 fully saturated rings. The Morgan fingerprint density at radius 2 is 1.88 bits per heavy atom. The number of quaternary nitrogens is 2. The number of rotatable bonds is 9. The summed E-state index contributed by atoms with van der Waals surface area (Å²) in [6.45, 7) is 4.29. The molecule has 2 aromatic rings. The highest BCUT2D eigenvalue weighted by atomic mass is 16.5. The molecule has 24 heavy (non-hydrogen) atoms. The van der Waals surface area contributed by atoms with Crippen molar-refractivity contribution in [3.8, 4) is 5.75 Å². The highest BCUT2D eigenvalue weighted by Crippen LogP contribution is 2.10. The number of benzene rings is 1. The van der Waals surface area contributed by atoms with Crippen LogP contribution >= 0.6 is 0 Å². The van der Waals surface area contributed by atoms with Crippen LogP contribution in [0.25, 0.3) is 0 Å². The van der Waals surface area contributed by atoms with E-state index in [4.69, 9.17) is 9.15 Å². The summed E-state index contributed by atoms with van der Waals surface area (Å²) in [5.41, 5.74) is 0. The quantitative estimate of drug-likeness (QED) is 0.606. The van der Waals surface area contributed by atoms with Gasteiger partial charge in [0.2, 0.25) is 0 Å². The first-order valence-electron chi connectivity index (χ1n) is 8.88. The van der Waals surface area contributed by atoms with E-state index in [1.807, 2.05) is 36.4 Å². The summed E-state index contributed by atoms with van der Waals surface area (Å²) in [5, 5.41) is 12.3. The summed E-state index contributed by atoms with van der Waals surface area (Å²) >= 11 is 0. The zero-order valence-electron chi connectivity index (χ0n) is 14.1. The third kappa shape index (κ3) is 4.84. The van der Waals surface area contributed by atoms with Crippen molar-refractivity contribution in [1.82, 2.24) is 0 Å². The number of nitrogens with one attached hydrogen (secondary N) is 1. The molecule has 0 spiro atoms. The van der Waals surface area contributed by atoms with E-state index in [1.54, 1.807) is 11.2 Å². The fourth-order valence-electron chi connectivity index (χ4n) is 3.38. The Kier molecular flexibility index (Phi) is 6.29. The predicted molar refractivity (Wildman–Crippen MR) is 91.0 cm³/mol. The van der Waals surface area contributed by atoms with Gasteiger partial charge in [0.1, 0.15) is 31.5 Å². The number of furan rings is 1. The normalized spacial score (nSPS) is 17.7.